The van der Waals surface area contributed by atoms with Gasteiger partial charge < -0.3 is 37.2 Å². The fourth-order valence-corrected chi connectivity index (χ4v) is 4.41. The quantitative estimate of drug-likeness (QED) is 0.432. The van der Waals surface area contributed by atoms with E-state index in [1.54, 1.807) is 6.20 Å². The molecule has 1 saturated heterocycles. The molecule has 0 aromatic carbocycles. The number of nitrogens with one attached hydrogen (secondary N) is 3. The van der Waals surface area contributed by atoms with E-state index in [1.807, 2.05) is 12.1 Å². The first-order chi connectivity index (χ1) is 15.4. The Kier molecular flexibility index (Phi) is 6.80. The maximum Gasteiger partial charge on any atom is 0.248 e. The third kappa shape index (κ3) is 5.13. The van der Waals surface area contributed by atoms with Gasteiger partial charge in [0.15, 0.2) is 5.83 Å². The summed E-state index contributed by atoms with van der Waals surface area (Å²) in [6, 6.07) is 3.79. The molecule has 174 valence electrons. The van der Waals surface area contributed by atoms with Crippen LogP contribution in [0.5, 0.6) is 0 Å². The highest BCUT2D eigenvalue weighted by Crippen LogP contribution is 2.23. The van der Waals surface area contributed by atoms with Gasteiger partial charge in [-0.1, -0.05) is 12.8 Å². The van der Waals surface area contributed by atoms with Crippen molar-refractivity contribution in [3.63, 3.8) is 0 Å². The monoisotopic (exact) mass is 444 g/mol. The van der Waals surface area contributed by atoms with E-state index in [2.05, 4.69) is 37.8 Å². The zero-order chi connectivity index (χ0) is 22.7. The number of allylic oxidation sites excluding steroid dienone is 2. The van der Waals surface area contributed by atoms with Crippen LogP contribution in [-0.4, -0.2) is 67.3 Å². The summed E-state index contributed by atoms with van der Waals surface area (Å²) < 4.78 is 14.7. The van der Waals surface area contributed by atoms with Crippen LogP contribution >= 0.6 is 0 Å². The number of carbonyl (C=O) groups is 1. The Bertz CT molecular complexity index is 878. The van der Waals surface area contributed by atoms with Crippen LogP contribution in [-0.2, 0) is 4.79 Å². The minimum atomic E-state index is -0.694. The summed E-state index contributed by atoms with van der Waals surface area (Å²) in [5, 5.41) is 9.45. The lowest BCUT2D eigenvalue weighted by Crippen LogP contribution is -2.53. The van der Waals surface area contributed by atoms with Crippen molar-refractivity contribution in [3.05, 3.63) is 41.6 Å². The summed E-state index contributed by atoms with van der Waals surface area (Å²) in [6.45, 7) is 3.85. The van der Waals surface area contributed by atoms with Gasteiger partial charge in [-0.15, -0.1) is 0 Å². The Morgan fingerprint density at radius 3 is 2.59 bits per heavy atom. The second kappa shape index (κ2) is 9.74. The summed E-state index contributed by atoms with van der Waals surface area (Å²) in [6.07, 6.45) is 6.12. The van der Waals surface area contributed by atoms with Gasteiger partial charge in [0.2, 0.25) is 5.91 Å². The highest BCUT2D eigenvalue weighted by atomic mass is 19.1. The molecule has 2 aliphatic heterocycles. The van der Waals surface area contributed by atoms with Crippen molar-refractivity contribution in [1.82, 2.24) is 20.5 Å². The van der Waals surface area contributed by atoms with E-state index >= 15 is 0 Å². The smallest absolute Gasteiger partial charge is 0.248 e. The van der Waals surface area contributed by atoms with E-state index < -0.39 is 17.9 Å². The summed E-state index contributed by atoms with van der Waals surface area (Å²) in [4.78, 5) is 21.0. The number of piperazine rings is 1. The lowest BCUT2D eigenvalue weighted by Gasteiger charge is -2.35. The van der Waals surface area contributed by atoms with Crippen molar-refractivity contribution in [2.75, 3.05) is 43.4 Å². The number of amides is 1. The number of hydrogen-bond acceptors (Lipinski definition) is 8. The van der Waals surface area contributed by atoms with Gasteiger partial charge in [0, 0.05) is 38.3 Å². The van der Waals surface area contributed by atoms with E-state index in [4.69, 9.17) is 11.5 Å². The van der Waals surface area contributed by atoms with Gasteiger partial charge >= 0.3 is 0 Å². The second-order valence-corrected chi connectivity index (χ2v) is 8.80. The largest absolute Gasteiger partial charge is 0.366 e. The molecule has 3 heterocycles. The number of likely N-dealkylation sites (N-methyl/N-ethyl adjacent to an activating group) is 1. The van der Waals surface area contributed by atoms with Gasteiger partial charge in [-0.2, -0.15) is 0 Å². The second-order valence-electron chi connectivity index (χ2n) is 8.80. The molecule has 9 nitrogen and oxygen atoms in total. The number of hydrogen-bond donors (Lipinski definition) is 5. The molecule has 1 saturated carbocycles. The summed E-state index contributed by atoms with van der Waals surface area (Å²) in [5.74, 6) is -0.124. The average molecular weight is 445 g/mol. The molecule has 1 aromatic heterocycles. The molecule has 0 radical (unpaired) electrons. The van der Waals surface area contributed by atoms with Crippen LogP contribution in [0.25, 0.3) is 0 Å². The number of primary amides is 1. The number of pyridine rings is 1. The van der Waals surface area contributed by atoms with Crippen molar-refractivity contribution in [1.29, 1.82) is 0 Å². The lowest BCUT2D eigenvalue weighted by molar-refractivity contribution is -0.114. The van der Waals surface area contributed by atoms with Crippen molar-refractivity contribution >= 4 is 17.4 Å². The van der Waals surface area contributed by atoms with Gasteiger partial charge in [0.05, 0.1) is 17.5 Å². The highest BCUT2D eigenvalue weighted by molar-refractivity contribution is 5.94. The number of nitrogens with zero attached hydrogens (tertiary/aromatic N) is 3. The summed E-state index contributed by atoms with van der Waals surface area (Å²) >= 11 is 0. The topological polar surface area (TPSA) is 125 Å². The first-order valence-electron chi connectivity index (χ1n) is 11.3. The van der Waals surface area contributed by atoms with Crippen LogP contribution in [0, 0.1) is 0 Å². The molecule has 3 aliphatic rings. The average Bonchev–Trinajstić information content (AvgIpc) is 2.78. The molecule has 0 spiro atoms. The van der Waals surface area contributed by atoms with Gasteiger partial charge in [-0.05, 0) is 38.1 Å². The van der Waals surface area contributed by atoms with E-state index in [-0.39, 0.29) is 23.5 Å². The first-order valence-corrected chi connectivity index (χ1v) is 11.3. The van der Waals surface area contributed by atoms with E-state index in [9.17, 15) is 9.18 Å². The number of rotatable bonds is 6. The predicted octanol–water partition coefficient (Wildman–Crippen LogP) is 0.584. The minimum absolute atomic E-state index is 0.0225. The van der Waals surface area contributed by atoms with Crippen LogP contribution in [0.1, 0.15) is 25.7 Å². The van der Waals surface area contributed by atoms with Crippen molar-refractivity contribution < 1.29 is 9.18 Å². The van der Waals surface area contributed by atoms with E-state index in [1.165, 1.54) is 6.08 Å². The minimum Gasteiger partial charge on any atom is -0.366 e. The van der Waals surface area contributed by atoms with Crippen LogP contribution in [0.4, 0.5) is 15.9 Å². The van der Waals surface area contributed by atoms with Crippen LogP contribution < -0.4 is 32.3 Å². The summed E-state index contributed by atoms with van der Waals surface area (Å²) in [7, 11) is 2.11. The number of anilines is 2. The predicted molar refractivity (Wildman–Crippen MR) is 123 cm³/mol. The number of carbonyl (C=O) groups excluding carboxylic acids is 1. The van der Waals surface area contributed by atoms with Crippen molar-refractivity contribution in [2.24, 2.45) is 11.5 Å². The molecule has 10 heteroatoms. The number of dihydropyridines is 1. The molecule has 2 unspecified atom stereocenters. The SMILES string of the molecule is CN1CCN(c2ccc(NC3NC(NC4CCCC[C@@H]4N)=C(F)C=C3C(N)=O)cn2)CC1. The van der Waals surface area contributed by atoms with E-state index in [0.717, 1.165) is 57.7 Å². The number of nitrogens with two attached hydrogens (primary N) is 2. The van der Waals surface area contributed by atoms with Crippen LogP contribution in [0.3, 0.4) is 0 Å². The molecule has 32 heavy (non-hydrogen) atoms. The van der Waals surface area contributed by atoms with Gasteiger partial charge in [0.1, 0.15) is 17.8 Å². The summed E-state index contributed by atoms with van der Waals surface area (Å²) in [5.41, 5.74) is 12.5. The van der Waals surface area contributed by atoms with Gasteiger partial charge in [0.25, 0.3) is 0 Å². The van der Waals surface area contributed by atoms with Crippen LogP contribution in [0.15, 0.2) is 41.6 Å². The van der Waals surface area contributed by atoms with Crippen LogP contribution in [0.2, 0.25) is 0 Å². The third-order valence-corrected chi connectivity index (χ3v) is 6.44. The maximum atomic E-state index is 14.7. The molecule has 1 amide bonds. The molecule has 2 fully saturated rings. The standard InChI is InChI=1S/C22H33FN8O/c1-30-8-10-31(11-9-30)19-7-6-14(13-26-19)27-21-15(20(25)32)12-16(23)22(29-21)28-18-5-3-2-4-17(18)24/h6-7,12-13,17-18,21,27-29H,2-5,8-11,24H2,1H3,(H2,25,32)/t17-,18?,21?/m0/s1. The number of halogens is 1. The molecule has 3 atom stereocenters. The van der Waals surface area contributed by atoms with Gasteiger partial charge in [-0.25, -0.2) is 9.37 Å². The normalized spacial score (nSPS) is 26.9. The lowest BCUT2D eigenvalue weighted by atomic mass is 9.91. The molecule has 7 N–H and O–H groups in total. The maximum absolute atomic E-state index is 14.7. The molecule has 4 rings (SSSR count). The zero-order valence-electron chi connectivity index (χ0n) is 18.5. The Balaban J connectivity index is 1.45. The molecular formula is C22H33FN8O. The fraction of sp³-hybridized carbons (Fsp3) is 0.545. The number of aromatic nitrogens is 1. The highest BCUT2D eigenvalue weighted by Gasteiger charge is 2.29. The van der Waals surface area contributed by atoms with E-state index in [0.29, 0.717) is 5.69 Å². The van der Waals surface area contributed by atoms with Crippen molar-refractivity contribution in [3.8, 4) is 0 Å². The molecule has 0 bridgehead atoms. The first kappa shape index (κ1) is 22.3. The zero-order valence-corrected chi connectivity index (χ0v) is 18.5. The fourth-order valence-electron chi connectivity index (χ4n) is 4.41. The molecule has 1 aliphatic carbocycles. The van der Waals surface area contributed by atoms with Gasteiger partial charge in [-0.3, -0.25) is 4.79 Å². The Morgan fingerprint density at radius 2 is 1.94 bits per heavy atom. The molecular weight excluding hydrogens is 411 g/mol. The molecule has 1 aromatic rings. The third-order valence-electron chi connectivity index (χ3n) is 6.44. The Labute approximate surface area is 188 Å². The Morgan fingerprint density at radius 1 is 1.19 bits per heavy atom. The Hall–Kier alpha value is -2.85. The van der Waals surface area contributed by atoms with Crippen molar-refractivity contribution in [2.45, 2.75) is 43.9 Å².